The van der Waals surface area contributed by atoms with Gasteiger partial charge >= 0.3 is 0 Å². The molecule has 0 saturated carbocycles. The van der Waals surface area contributed by atoms with Crippen LogP contribution in [0.4, 0.5) is 0 Å². The molecule has 1 fully saturated rings. The lowest BCUT2D eigenvalue weighted by atomic mass is 9.81. The van der Waals surface area contributed by atoms with E-state index in [4.69, 9.17) is 28.9 Å². The van der Waals surface area contributed by atoms with Gasteiger partial charge < -0.3 is 15.5 Å². The zero-order chi connectivity index (χ0) is 18.6. The van der Waals surface area contributed by atoms with Crippen molar-refractivity contribution in [2.75, 3.05) is 32.7 Å². The number of benzene rings is 1. The molecule has 7 heteroatoms. The molecule has 138 valence electrons. The topological polar surface area (TPSA) is 66.6 Å². The molecule has 1 heterocycles. The molecule has 2 rings (SSSR count). The first-order valence-corrected chi connectivity index (χ1v) is 9.38. The molecule has 1 aliphatic rings. The number of nitrogens with zero attached hydrogens (tertiary/aromatic N) is 2. The molecular formula is C18H25Cl2N3O2. The molecule has 0 radical (unpaired) electrons. The summed E-state index contributed by atoms with van der Waals surface area (Å²) in [7, 11) is 0. The van der Waals surface area contributed by atoms with E-state index in [-0.39, 0.29) is 16.8 Å². The minimum atomic E-state index is -0.498. The van der Waals surface area contributed by atoms with E-state index in [0.29, 0.717) is 43.3 Å². The van der Waals surface area contributed by atoms with E-state index < -0.39 is 5.41 Å². The summed E-state index contributed by atoms with van der Waals surface area (Å²) in [6.45, 7) is 6.29. The van der Waals surface area contributed by atoms with Gasteiger partial charge in [-0.25, -0.2) is 0 Å². The molecule has 1 aliphatic heterocycles. The highest BCUT2D eigenvalue weighted by molar-refractivity contribution is 6.43. The van der Waals surface area contributed by atoms with Gasteiger partial charge in [-0.15, -0.1) is 0 Å². The summed E-state index contributed by atoms with van der Waals surface area (Å²) in [5, 5.41) is 0.631. The fourth-order valence-corrected chi connectivity index (χ4v) is 3.60. The smallest absolute Gasteiger partial charge is 0.255 e. The fraction of sp³-hybridized carbons (Fsp3) is 0.556. The zero-order valence-electron chi connectivity index (χ0n) is 14.7. The number of carbonyl (C=O) groups is 2. The molecule has 25 heavy (non-hydrogen) atoms. The van der Waals surface area contributed by atoms with E-state index in [9.17, 15) is 9.59 Å². The van der Waals surface area contributed by atoms with Gasteiger partial charge in [0.25, 0.3) is 5.91 Å². The third-order valence-electron chi connectivity index (χ3n) is 5.23. The summed E-state index contributed by atoms with van der Waals surface area (Å²) in [5.74, 6) is -0.0662. The molecule has 0 spiro atoms. The van der Waals surface area contributed by atoms with Crippen molar-refractivity contribution in [3.8, 4) is 0 Å². The fourth-order valence-electron chi connectivity index (χ4n) is 3.22. The minimum Gasteiger partial charge on any atom is -0.339 e. The molecule has 1 aromatic carbocycles. The van der Waals surface area contributed by atoms with Crippen molar-refractivity contribution in [3.05, 3.63) is 33.8 Å². The van der Waals surface area contributed by atoms with Crippen molar-refractivity contribution in [1.82, 2.24) is 9.80 Å². The Labute approximate surface area is 159 Å². The monoisotopic (exact) mass is 385 g/mol. The average Bonchev–Trinajstić information content (AvgIpc) is 2.65. The van der Waals surface area contributed by atoms with Gasteiger partial charge in [0.2, 0.25) is 5.91 Å². The van der Waals surface area contributed by atoms with E-state index in [1.165, 1.54) is 0 Å². The number of amides is 2. The van der Waals surface area contributed by atoms with E-state index >= 15 is 0 Å². The van der Waals surface area contributed by atoms with E-state index in [2.05, 4.69) is 0 Å². The second kappa shape index (κ2) is 8.39. The van der Waals surface area contributed by atoms with Crippen LogP contribution in [-0.4, -0.2) is 54.3 Å². The van der Waals surface area contributed by atoms with Crippen molar-refractivity contribution in [1.29, 1.82) is 0 Å². The maximum atomic E-state index is 12.9. The predicted octanol–water partition coefficient (Wildman–Crippen LogP) is 3.04. The van der Waals surface area contributed by atoms with E-state index in [1.807, 2.05) is 18.7 Å². The predicted molar refractivity (Wildman–Crippen MR) is 101 cm³/mol. The summed E-state index contributed by atoms with van der Waals surface area (Å²) in [4.78, 5) is 29.1. The van der Waals surface area contributed by atoms with Crippen molar-refractivity contribution < 1.29 is 9.59 Å². The van der Waals surface area contributed by atoms with Crippen LogP contribution in [-0.2, 0) is 4.79 Å². The second-order valence-electron chi connectivity index (χ2n) is 6.38. The van der Waals surface area contributed by atoms with Crippen LogP contribution in [0.15, 0.2) is 18.2 Å². The van der Waals surface area contributed by atoms with Gasteiger partial charge in [0.05, 0.1) is 21.0 Å². The third kappa shape index (κ3) is 3.94. The Morgan fingerprint density at radius 2 is 1.64 bits per heavy atom. The highest BCUT2D eigenvalue weighted by Gasteiger charge is 2.38. The molecule has 1 aromatic rings. The highest BCUT2D eigenvalue weighted by atomic mass is 35.5. The van der Waals surface area contributed by atoms with Crippen LogP contribution in [0.3, 0.4) is 0 Å². The number of hydrogen-bond acceptors (Lipinski definition) is 3. The Balaban J connectivity index is 2.05. The van der Waals surface area contributed by atoms with Gasteiger partial charge in [0.15, 0.2) is 0 Å². The van der Waals surface area contributed by atoms with Gasteiger partial charge in [0.1, 0.15) is 0 Å². The Morgan fingerprint density at radius 3 is 2.16 bits per heavy atom. The summed E-state index contributed by atoms with van der Waals surface area (Å²) < 4.78 is 0. The van der Waals surface area contributed by atoms with Crippen LogP contribution in [0, 0.1) is 5.41 Å². The van der Waals surface area contributed by atoms with E-state index in [1.54, 1.807) is 23.1 Å². The molecule has 1 saturated heterocycles. The number of halogens is 2. The SMILES string of the molecule is CCC(CC)(CN)C(=O)N1CCN(C(=O)c2cccc(Cl)c2Cl)CC1. The Morgan fingerprint density at radius 1 is 1.08 bits per heavy atom. The highest BCUT2D eigenvalue weighted by Crippen LogP contribution is 2.29. The maximum absolute atomic E-state index is 12.9. The third-order valence-corrected chi connectivity index (χ3v) is 6.05. The first kappa shape index (κ1) is 20.0. The lowest BCUT2D eigenvalue weighted by molar-refractivity contribution is -0.143. The van der Waals surface area contributed by atoms with E-state index in [0.717, 1.165) is 12.8 Å². The van der Waals surface area contributed by atoms with Crippen molar-refractivity contribution >= 4 is 35.0 Å². The molecule has 0 aliphatic carbocycles. The Kier molecular flexibility index (Phi) is 6.72. The molecule has 2 N–H and O–H groups in total. The van der Waals surface area contributed by atoms with Gasteiger partial charge in [-0.3, -0.25) is 9.59 Å². The summed E-state index contributed by atoms with van der Waals surface area (Å²) in [6.07, 6.45) is 1.44. The molecular weight excluding hydrogens is 361 g/mol. The number of hydrogen-bond donors (Lipinski definition) is 1. The first-order valence-electron chi connectivity index (χ1n) is 8.63. The number of carbonyl (C=O) groups excluding carboxylic acids is 2. The van der Waals surface area contributed by atoms with Gasteiger partial charge in [-0.2, -0.15) is 0 Å². The largest absolute Gasteiger partial charge is 0.339 e. The van der Waals surface area contributed by atoms with Crippen molar-refractivity contribution in [2.24, 2.45) is 11.1 Å². The molecule has 5 nitrogen and oxygen atoms in total. The lowest BCUT2D eigenvalue weighted by Crippen LogP contribution is -2.55. The van der Waals surface area contributed by atoms with Gasteiger partial charge in [-0.1, -0.05) is 43.1 Å². The summed E-state index contributed by atoms with van der Waals surface area (Å²) >= 11 is 12.1. The maximum Gasteiger partial charge on any atom is 0.255 e. The van der Waals surface area contributed by atoms with Crippen LogP contribution < -0.4 is 5.73 Å². The number of nitrogens with two attached hydrogens (primary N) is 1. The van der Waals surface area contributed by atoms with Crippen LogP contribution in [0.25, 0.3) is 0 Å². The zero-order valence-corrected chi connectivity index (χ0v) is 16.2. The van der Waals surface area contributed by atoms with Gasteiger partial charge in [0, 0.05) is 32.7 Å². The van der Waals surface area contributed by atoms with Crippen LogP contribution >= 0.6 is 23.2 Å². The molecule has 0 atom stereocenters. The van der Waals surface area contributed by atoms with Crippen molar-refractivity contribution in [3.63, 3.8) is 0 Å². The molecule has 0 bridgehead atoms. The lowest BCUT2D eigenvalue weighted by Gasteiger charge is -2.40. The molecule has 0 aromatic heterocycles. The second-order valence-corrected chi connectivity index (χ2v) is 7.16. The van der Waals surface area contributed by atoms with Crippen LogP contribution in [0.1, 0.15) is 37.0 Å². The van der Waals surface area contributed by atoms with Crippen molar-refractivity contribution in [2.45, 2.75) is 26.7 Å². The summed E-state index contributed by atoms with van der Waals surface area (Å²) in [5.41, 5.74) is 5.78. The number of rotatable bonds is 5. The normalized spacial score (nSPS) is 15.4. The Hall–Kier alpha value is -1.30. The quantitative estimate of drug-likeness (QED) is 0.846. The summed E-state index contributed by atoms with van der Waals surface area (Å²) in [6, 6.07) is 5.03. The minimum absolute atomic E-state index is 0.0906. The van der Waals surface area contributed by atoms with Crippen LogP contribution in [0.5, 0.6) is 0 Å². The standard InChI is InChI=1S/C18H25Cl2N3O2/c1-3-18(4-2,12-21)17(25)23-10-8-22(9-11-23)16(24)13-6-5-7-14(19)15(13)20/h5-7H,3-4,8-12,21H2,1-2H3. The number of piperazine rings is 1. The first-order chi connectivity index (χ1) is 11.9. The Bertz CT molecular complexity index is 631. The molecule has 2 amide bonds. The average molecular weight is 386 g/mol. The van der Waals surface area contributed by atoms with Crippen LogP contribution in [0.2, 0.25) is 10.0 Å². The molecule has 0 unspecified atom stereocenters. The van der Waals surface area contributed by atoms with Gasteiger partial charge in [-0.05, 0) is 25.0 Å².